The second kappa shape index (κ2) is 11.6. The van der Waals surface area contributed by atoms with Gasteiger partial charge in [-0.1, -0.05) is 19.9 Å². The molecular formula is C26H38N2O8. The highest BCUT2D eigenvalue weighted by Crippen LogP contribution is 2.41. The van der Waals surface area contributed by atoms with E-state index in [1.165, 1.54) is 0 Å². The first-order valence-electron chi connectivity index (χ1n) is 12.3. The Hall–Kier alpha value is -2.69. The first kappa shape index (κ1) is 27.9. The van der Waals surface area contributed by atoms with Crippen LogP contribution in [-0.2, 0) is 32.0 Å². The molecule has 10 nitrogen and oxygen atoms in total. The molecule has 0 saturated carbocycles. The number of fused-ring (bicyclic) bond motifs is 1. The van der Waals surface area contributed by atoms with Gasteiger partial charge in [0.15, 0.2) is 22.9 Å². The standard InChI is InChI=1S/C26H38N2O8/c1-14(2)8-19(23(31)26(12-30)13-36-26)27-25(33)20(11-29)28-24(32)17-7-6-16-9-15(3)21(34-4)22(35-5)18(16)10-17/h9,14,17,19-20,29-30H,6-8,10-13H2,1-5H3,(H,27,33)(H,28,32)/t17?,19?,20-,26?/m0/s1. The summed E-state index contributed by atoms with van der Waals surface area (Å²) in [7, 11) is 3.14. The molecule has 0 aromatic heterocycles. The van der Waals surface area contributed by atoms with Gasteiger partial charge in [-0.25, -0.2) is 0 Å². The summed E-state index contributed by atoms with van der Waals surface area (Å²) in [5, 5.41) is 24.7. The molecule has 1 fully saturated rings. The Balaban J connectivity index is 1.70. The van der Waals surface area contributed by atoms with Gasteiger partial charge < -0.3 is 35.1 Å². The minimum Gasteiger partial charge on any atom is -0.493 e. The van der Waals surface area contributed by atoms with Crippen LogP contribution in [0.15, 0.2) is 6.07 Å². The maximum atomic E-state index is 13.1. The summed E-state index contributed by atoms with van der Waals surface area (Å²) < 4.78 is 16.3. The molecule has 0 bridgehead atoms. The van der Waals surface area contributed by atoms with Crippen LogP contribution in [0.1, 0.15) is 43.4 Å². The predicted molar refractivity (Wildman–Crippen MR) is 131 cm³/mol. The lowest BCUT2D eigenvalue weighted by Crippen LogP contribution is -2.56. The number of aliphatic hydroxyl groups is 2. The number of methoxy groups -OCH3 is 2. The fourth-order valence-electron chi connectivity index (χ4n) is 4.87. The maximum Gasteiger partial charge on any atom is 0.245 e. The van der Waals surface area contributed by atoms with Crippen molar-refractivity contribution in [3.8, 4) is 11.5 Å². The molecule has 200 valence electrons. The van der Waals surface area contributed by atoms with Crippen molar-refractivity contribution in [1.82, 2.24) is 10.6 Å². The highest BCUT2D eigenvalue weighted by atomic mass is 16.6. The van der Waals surface area contributed by atoms with E-state index >= 15 is 0 Å². The first-order valence-corrected chi connectivity index (χ1v) is 12.3. The van der Waals surface area contributed by atoms with E-state index < -0.39 is 48.5 Å². The van der Waals surface area contributed by atoms with Crippen LogP contribution in [0.4, 0.5) is 0 Å². The summed E-state index contributed by atoms with van der Waals surface area (Å²) in [6.45, 7) is 4.77. The van der Waals surface area contributed by atoms with E-state index in [1.807, 2.05) is 26.8 Å². The number of hydrogen-bond donors (Lipinski definition) is 4. The smallest absolute Gasteiger partial charge is 0.245 e. The van der Waals surface area contributed by atoms with E-state index in [-0.39, 0.29) is 18.4 Å². The zero-order valence-electron chi connectivity index (χ0n) is 21.7. The van der Waals surface area contributed by atoms with Crippen molar-refractivity contribution in [1.29, 1.82) is 0 Å². The molecule has 36 heavy (non-hydrogen) atoms. The lowest BCUT2D eigenvalue weighted by Gasteiger charge is -2.29. The Morgan fingerprint density at radius 2 is 1.81 bits per heavy atom. The fraction of sp³-hybridized carbons (Fsp3) is 0.654. The Morgan fingerprint density at radius 1 is 1.14 bits per heavy atom. The summed E-state index contributed by atoms with van der Waals surface area (Å²) >= 11 is 0. The third kappa shape index (κ3) is 5.82. The SMILES string of the molecule is COc1c(C)cc2c(c1OC)CC(C(=O)N[C@@H](CO)C(=O)NC(CC(C)C)C(=O)C1(CO)CO1)CC2. The number of nitrogens with one attached hydrogen (secondary N) is 2. The molecule has 3 unspecified atom stereocenters. The Morgan fingerprint density at radius 3 is 2.33 bits per heavy atom. The molecule has 10 heteroatoms. The normalized spacial score (nSPS) is 22.3. The molecule has 1 aliphatic heterocycles. The van der Waals surface area contributed by atoms with Gasteiger partial charge in [-0.15, -0.1) is 0 Å². The van der Waals surface area contributed by atoms with Crippen molar-refractivity contribution >= 4 is 17.6 Å². The number of carbonyl (C=O) groups is 3. The van der Waals surface area contributed by atoms with Gasteiger partial charge in [0.05, 0.1) is 40.1 Å². The van der Waals surface area contributed by atoms with Gasteiger partial charge in [-0.05, 0) is 49.7 Å². The molecule has 4 N–H and O–H groups in total. The second-order valence-electron chi connectivity index (χ2n) is 10.1. The van der Waals surface area contributed by atoms with Crippen LogP contribution in [0.3, 0.4) is 0 Å². The highest BCUT2D eigenvalue weighted by molar-refractivity contribution is 5.98. The fourth-order valence-corrected chi connectivity index (χ4v) is 4.87. The third-order valence-corrected chi connectivity index (χ3v) is 6.96. The van der Waals surface area contributed by atoms with Gasteiger partial charge in [0.1, 0.15) is 6.04 Å². The van der Waals surface area contributed by atoms with Crippen molar-refractivity contribution in [3.63, 3.8) is 0 Å². The van der Waals surface area contributed by atoms with Gasteiger partial charge >= 0.3 is 0 Å². The van der Waals surface area contributed by atoms with E-state index in [9.17, 15) is 24.6 Å². The predicted octanol–water partition coefficient (Wildman–Crippen LogP) is 0.456. The number of epoxide rings is 1. The van der Waals surface area contributed by atoms with E-state index in [0.717, 1.165) is 16.7 Å². The third-order valence-electron chi connectivity index (χ3n) is 6.96. The van der Waals surface area contributed by atoms with Gasteiger partial charge in [0.2, 0.25) is 11.8 Å². The van der Waals surface area contributed by atoms with Crippen molar-refractivity contribution in [2.24, 2.45) is 11.8 Å². The molecule has 2 amide bonds. The van der Waals surface area contributed by atoms with Gasteiger partial charge in [-0.3, -0.25) is 14.4 Å². The number of benzene rings is 1. The maximum absolute atomic E-state index is 13.1. The second-order valence-corrected chi connectivity index (χ2v) is 10.1. The topological polar surface area (TPSA) is 147 Å². The molecular weight excluding hydrogens is 468 g/mol. The molecule has 1 aliphatic carbocycles. The van der Waals surface area contributed by atoms with E-state index in [1.54, 1.807) is 14.2 Å². The number of Topliss-reactive ketones (excluding diaryl/α,β-unsaturated/α-hetero) is 1. The van der Waals surface area contributed by atoms with E-state index in [0.29, 0.717) is 37.2 Å². The van der Waals surface area contributed by atoms with Crippen molar-refractivity contribution < 1.29 is 38.8 Å². The number of amides is 2. The monoisotopic (exact) mass is 506 g/mol. The summed E-state index contributed by atoms with van der Waals surface area (Å²) in [6, 6.07) is -0.0794. The Labute approximate surface area is 211 Å². The molecule has 4 atom stereocenters. The number of ketones is 1. The molecule has 3 rings (SSSR count). The molecule has 1 aromatic rings. The van der Waals surface area contributed by atoms with E-state index in [4.69, 9.17) is 14.2 Å². The Bertz CT molecular complexity index is 989. The van der Waals surface area contributed by atoms with Gasteiger partial charge in [0.25, 0.3) is 0 Å². The quantitative estimate of drug-likeness (QED) is 0.299. The van der Waals surface area contributed by atoms with Crippen molar-refractivity contribution in [2.75, 3.05) is 34.0 Å². The lowest BCUT2D eigenvalue weighted by molar-refractivity contribution is -0.135. The molecule has 0 radical (unpaired) electrons. The largest absolute Gasteiger partial charge is 0.493 e. The Kier molecular flexibility index (Phi) is 8.97. The summed E-state index contributed by atoms with van der Waals surface area (Å²) in [5.41, 5.74) is 1.68. The zero-order valence-corrected chi connectivity index (χ0v) is 21.7. The number of aryl methyl sites for hydroxylation is 2. The minimum absolute atomic E-state index is 0.0776. The van der Waals surface area contributed by atoms with E-state index in [2.05, 4.69) is 10.6 Å². The zero-order chi connectivity index (χ0) is 26.6. The van der Waals surface area contributed by atoms with Gasteiger partial charge in [0, 0.05) is 11.5 Å². The number of ether oxygens (including phenoxy) is 3. The summed E-state index contributed by atoms with van der Waals surface area (Å²) in [4.78, 5) is 39.0. The number of rotatable bonds is 12. The van der Waals surface area contributed by atoms with Crippen LogP contribution in [0, 0.1) is 18.8 Å². The number of carbonyl (C=O) groups excluding carboxylic acids is 3. The molecule has 1 saturated heterocycles. The lowest BCUT2D eigenvalue weighted by atomic mass is 9.81. The molecule has 1 aromatic carbocycles. The van der Waals surface area contributed by atoms with Crippen LogP contribution >= 0.6 is 0 Å². The van der Waals surface area contributed by atoms with Crippen LogP contribution in [-0.4, -0.2) is 79.5 Å². The number of aliphatic hydroxyl groups excluding tert-OH is 2. The number of hydrogen-bond acceptors (Lipinski definition) is 8. The van der Waals surface area contributed by atoms with Crippen molar-refractivity contribution in [2.45, 2.75) is 64.1 Å². The average molecular weight is 507 g/mol. The van der Waals surface area contributed by atoms with Crippen LogP contribution < -0.4 is 20.1 Å². The molecule has 0 spiro atoms. The van der Waals surface area contributed by atoms with Crippen LogP contribution in [0.2, 0.25) is 0 Å². The molecule has 2 aliphatic rings. The van der Waals surface area contributed by atoms with Crippen LogP contribution in [0.25, 0.3) is 0 Å². The summed E-state index contributed by atoms with van der Waals surface area (Å²) in [6.07, 6.45) is 1.99. The molecule has 1 heterocycles. The summed E-state index contributed by atoms with van der Waals surface area (Å²) in [5.74, 6) is -0.539. The first-order chi connectivity index (χ1) is 17.1. The average Bonchev–Trinajstić information content (AvgIpc) is 3.66. The van der Waals surface area contributed by atoms with Crippen LogP contribution in [0.5, 0.6) is 11.5 Å². The van der Waals surface area contributed by atoms with Gasteiger partial charge in [-0.2, -0.15) is 0 Å². The minimum atomic E-state index is -1.28. The van der Waals surface area contributed by atoms with Crippen molar-refractivity contribution in [3.05, 3.63) is 22.8 Å². The highest BCUT2D eigenvalue weighted by Gasteiger charge is 2.54.